The van der Waals surface area contributed by atoms with Crippen LogP contribution in [0.25, 0.3) is 83.2 Å². The maximum Gasteiger partial charge on any atom is 0.237 e. The molecule has 9 aromatic rings. The summed E-state index contributed by atoms with van der Waals surface area (Å²) in [6.45, 7) is 0. The van der Waals surface area contributed by atoms with Crippen LogP contribution in [0.4, 0.5) is 0 Å². The van der Waals surface area contributed by atoms with Gasteiger partial charge < -0.3 is 4.57 Å². The fourth-order valence-electron chi connectivity index (χ4n) is 7.41. The fourth-order valence-corrected chi connectivity index (χ4v) is 7.41. The Kier molecular flexibility index (Phi) is 5.90. The van der Waals surface area contributed by atoms with Gasteiger partial charge in [0, 0.05) is 44.4 Å². The second-order valence-corrected chi connectivity index (χ2v) is 12.2. The Morgan fingerprint density at radius 1 is 0.562 bits per heavy atom. The van der Waals surface area contributed by atoms with Crippen LogP contribution in [0.1, 0.15) is 12.5 Å². The van der Waals surface area contributed by atoms with Gasteiger partial charge in [-0.15, -0.1) is 0 Å². The second-order valence-electron chi connectivity index (χ2n) is 12.2. The highest BCUT2D eigenvalue weighted by atomic mass is 15.2. The fraction of sp³-hybridized carbons (Fsp3) is 0.0476. The number of aromatic nitrogens is 6. The zero-order valence-corrected chi connectivity index (χ0v) is 25.9. The molecule has 6 nitrogen and oxygen atoms in total. The second kappa shape index (κ2) is 10.6. The molecule has 0 amide bonds. The lowest BCUT2D eigenvalue weighted by atomic mass is 10.1. The summed E-state index contributed by atoms with van der Waals surface area (Å²) in [4.78, 5) is 20.4. The molecule has 4 aromatic heterocycles. The Morgan fingerprint density at radius 2 is 1.29 bits per heavy atom. The molecule has 5 aromatic carbocycles. The van der Waals surface area contributed by atoms with Gasteiger partial charge in [0.2, 0.25) is 5.95 Å². The Balaban J connectivity index is 1.35. The minimum absolute atomic E-state index is 0.224. The minimum atomic E-state index is 0.224. The van der Waals surface area contributed by atoms with Gasteiger partial charge in [-0.3, -0.25) is 4.57 Å². The first-order valence-corrected chi connectivity index (χ1v) is 16.3. The highest BCUT2D eigenvalue weighted by Gasteiger charge is 2.24. The molecule has 4 heterocycles. The Bertz CT molecular complexity index is 2750. The molecule has 10 rings (SSSR count). The van der Waals surface area contributed by atoms with Crippen LogP contribution in [0.2, 0.25) is 0 Å². The molecule has 0 fully saturated rings. The molecule has 48 heavy (non-hydrogen) atoms. The van der Waals surface area contributed by atoms with Gasteiger partial charge in [0.25, 0.3) is 0 Å². The zero-order valence-electron chi connectivity index (χ0n) is 25.9. The third-order valence-electron chi connectivity index (χ3n) is 9.52. The van der Waals surface area contributed by atoms with Gasteiger partial charge in [-0.05, 0) is 24.6 Å². The highest BCUT2D eigenvalue weighted by Crippen LogP contribution is 2.42. The molecule has 1 aliphatic rings. The summed E-state index contributed by atoms with van der Waals surface area (Å²) in [6.07, 6.45) is 11.6. The lowest BCUT2D eigenvalue weighted by Gasteiger charge is -2.18. The predicted octanol–water partition coefficient (Wildman–Crippen LogP) is 10.0. The summed E-state index contributed by atoms with van der Waals surface area (Å²) in [5.41, 5.74) is 7.88. The normalized spacial score (nSPS) is 14.6. The Morgan fingerprint density at radius 3 is 2.08 bits per heavy atom. The Hall–Kier alpha value is -6.40. The van der Waals surface area contributed by atoms with E-state index in [1.165, 1.54) is 21.8 Å². The first-order valence-electron chi connectivity index (χ1n) is 16.3. The van der Waals surface area contributed by atoms with Crippen LogP contribution in [-0.2, 0) is 0 Å². The van der Waals surface area contributed by atoms with E-state index in [0.29, 0.717) is 17.4 Å². The quantitative estimate of drug-likeness (QED) is 0.197. The van der Waals surface area contributed by atoms with Crippen LogP contribution in [0.15, 0.2) is 152 Å². The van der Waals surface area contributed by atoms with E-state index in [-0.39, 0.29) is 6.04 Å². The topological polar surface area (TPSA) is 61.4 Å². The molecule has 1 unspecified atom stereocenters. The molecule has 1 aliphatic carbocycles. The van der Waals surface area contributed by atoms with Crippen molar-refractivity contribution in [1.82, 2.24) is 29.1 Å². The van der Waals surface area contributed by atoms with Gasteiger partial charge >= 0.3 is 0 Å². The van der Waals surface area contributed by atoms with E-state index < -0.39 is 0 Å². The van der Waals surface area contributed by atoms with Crippen molar-refractivity contribution in [2.45, 2.75) is 12.5 Å². The van der Waals surface area contributed by atoms with Crippen molar-refractivity contribution in [3.05, 3.63) is 152 Å². The third-order valence-corrected chi connectivity index (χ3v) is 9.52. The van der Waals surface area contributed by atoms with Gasteiger partial charge in [-0.2, -0.15) is 4.98 Å². The maximum absolute atomic E-state index is 5.34. The number of benzene rings is 5. The largest absolute Gasteiger partial charge is 0.333 e. The summed E-state index contributed by atoms with van der Waals surface area (Å²) in [7, 11) is 0. The van der Waals surface area contributed by atoms with Crippen molar-refractivity contribution >= 4 is 54.6 Å². The average molecular weight is 617 g/mol. The number of para-hydroxylation sites is 2. The Labute approximate surface area is 276 Å². The van der Waals surface area contributed by atoms with Crippen LogP contribution in [0.5, 0.6) is 0 Å². The lowest BCUT2D eigenvalue weighted by molar-refractivity contribution is 0.648. The summed E-state index contributed by atoms with van der Waals surface area (Å²) >= 11 is 0. The van der Waals surface area contributed by atoms with Crippen LogP contribution < -0.4 is 0 Å². The van der Waals surface area contributed by atoms with Gasteiger partial charge in [0.1, 0.15) is 0 Å². The molecule has 0 spiro atoms. The monoisotopic (exact) mass is 616 g/mol. The van der Waals surface area contributed by atoms with E-state index in [2.05, 4.69) is 106 Å². The third kappa shape index (κ3) is 3.99. The smallest absolute Gasteiger partial charge is 0.237 e. The number of hydrogen-bond acceptors (Lipinski definition) is 4. The number of hydrogen-bond donors (Lipinski definition) is 0. The zero-order chi connectivity index (χ0) is 31.6. The van der Waals surface area contributed by atoms with Crippen molar-refractivity contribution in [1.29, 1.82) is 0 Å². The van der Waals surface area contributed by atoms with Gasteiger partial charge in [-0.25, -0.2) is 15.0 Å². The molecule has 6 heteroatoms. The van der Waals surface area contributed by atoms with Crippen molar-refractivity contribution < 1.29 is 0 Å². The first kappa shape index (κ1) is 26.8. The molecular weight excluding hydrogens is 589 g/mol. The molecular formula is C42H28N6. The summed E-state index contributed by atoms with van der Waals surface area (Å²) in [5, 5.41) is 5.54. The summed E-state index contributed by atoms with van der Waals surface area (Å²) < 4.78 is 4.73. The van der Waals surface area contributed by atoms with Gasteiger partial charge in [0.05, 0.1) is 33.7 Å². The molecule has 0 aliphatic heterocycles. The average Bonchev–Trinajstić information content (AvgIpc) is 3.68. The minimum Gasteiger partial charge on any atom is -0.333 e. The van der Waals surface area contributed by atoms with E-state index in [4.69, 9.17) is 19.9 Å². The number of nitrogens with zero attached hydrogens (tertiary/aromatic N) is 6. The predicted molar refractivity (Wildman–Crippen MR) is 195 cm³/mol. The molecule has 0 saturated heterocycles. The van der Waals surface area contributed by atoms with Crippen molar-refractivity contribution in [3.8, 4) is 28.6 Å². The molecule has 0 radical (unpaired) electrons. The SMILES string of the molecule is C1=CCC(n2c3ccccc3c3c4c(ccc32)c2ccccc2n4-c2nc(-c3ccccc3)c3cnc(-c4ccccc4)nc3n2)C=C1. The molecule has 1 atom stereocenters. The van der Waals surface area contributed by atoms with Crippen molar-refractivity contribution in [2.75, 3.05) is 0 Å². The van der Waals surface area contributed by atoms with E-state index in [9.17, 15) is 0 Å². The number of allylic oxidation sites excluding steroid dienone is 4. The maximum atomic E-state index is 5.34. The number of rotatable bonds is 4. The van der Waals surface area contributed by atoms with Crippen LogP contribution >= 0.6 is 0 Å². The van der Waals surface area contributed by atoms with E-state index in [1.807, 2.05) is 54.7 Å². The van der Waals surface area contributed by atoms with Crippen LogP contribution in [-0.4, -0.2) is 29.1 Å². The lowest BCUT2D eigenvalue weighted by Crippen LogP contribution is -2.07. The van der Waals surface area contributed by atoms with Crippen LogP contribution in [0.3, 0.4) is 0 Å². The summed E-state index contributed by atoms with van der Waals surface area (Å²) in [6, 6.07) is 42.4. The molecule has 0 bridgehead atoms. The molecule has 0 saturated carbocycles. The van der Waals surface area contributed by atoms with Gasteiger partial charge in [0.15, 0.2) is 11.5 Å². The van der Waals surface area contributed by atoms with Crippen molar-refractivity contribution in [3.63, 3.8) is 0 Å². The van der Waals surface area contributed by atoms with E-state index in [1.54, 1.807) is 0 Å². The van der Waals surface area contributed by atoms with Crippen LogP contribution in [0, 0.1) is 0 Å². The standard InChI is InChI=1S/C42H28N6/c1-4-14-27(15-5-1)38-33-26-43-40(28-16-6-2-7-17-28)45-41(33)46-42(44-38)48-34-22-12-10-20-30(34)31-24-25-36-37(39(31)48)32-21-11-13-23-35(32)47(36)29-18-8-3-9-19-29/h1-18,20-26,29H,19H2. The van der Waals surface area contributed by atoms with Gasteiger partial charge in [-0.1, -0.05) is 127 Å². The molecule has 0 N–H and O–H groups in total. The van der Waals surface area contributed by atoms with Crippen molar-refractivity contribution in [2.24, 2.45) is 0 Å². The highest BCUT2D eigenvalue weighted by molar-refractivity contribution is 6.25. The first-order chi connectivity index (χ1) is 23.8. The summed E-state index contributed by atoms with van der Waals surface area (Å²) in [5.74, 6) is 1.21. The van der Waals surface area contributed by atoms with E-state index >= 15 is 0 Å². The molecule has 226 valence electrons. The number of fused-ring (bicyclic) bond motifs is 8. The van der Waals surface area contributed by atoms with E-state index in [0.717, 1.165) is 50.4 Å².